The van der Waals surface area contributed by atoms with Crippen LogP contribution in [0.2, 0.25) is 0 Å². The number of nitrogens with zero attached hydrogens (tertiary/aromatic N) is 2. The van der Waals surface area contributed by atoms with Crippen LogP contribution in [-0.2, 0) is 0 Å². The molecule has 1 unspecified atom stereocenters. The molecule has 0 amide bonds. The maximum atomic E-state index is 10.3. The number of piperazine rings is 1. The lowest BCUT2D eigenvalue weighted by atomic mass is 10.2. The molecule has 2 rings (SSSR count). The molecule has 0 bridgehead atoms. The molecule has 0 radical (unpaired) electrons. The van der Waals surface area contributed by atoms with Crippen LogP contribution in [0.25, 0.3) is 0 Å². The average molecular weight is 315 g/mol. The van der Waals surface area contributed by atoms with Crippen molar-refractivity contribution in [3.05, 3.63) is 17.0 Å². The van der Waals surface area contributed by atoms with Gasteiger partial charge in [0, 0.05) is 42.9 Å². The molecule has 2 heterocycles. The standard InChI is InChI=1S/C15H26N2OS2/c1-12(2)19-15-5-4-14(20-15)13(18)6-7-17-10-8-16(3)9-11-17/h4-5,12-13,18H,6-11H2,1-3H3. The van der Waals surface area contributed by atoms with Crippen LogP contribution >= 0.6 is 23.1 Å². The number of aliphatic hydroxyl groups excluding tert-OH is 1. The molecular formula is C15H26N2OS2. The largest absolute Gasteiger partial charge is 0.388 e. The molecule has 1 aromatic rings. The van der Waals surface area contributed by atoms with Crippen molar-refractivity contribution in [3.63, 3.8) is 0 Å². The Morgan fingerprint density at radius 1 is 1.25 bits per heavy atom. The smallest absolute Gasteiger partial charge is 0.0894 e. The van der Waals surface area contributed by atoms with Gasteiger partial charge in [-0.3, -0.25) is 0 Å². The second kappa shape index (κ2) is 7.80. The van der Waals surface area contributed by atoms with Crippen molar-refractivity contribution in [1.82, 2.24) is 9.80 Å². The molecule has 0 aromatic carbocycles. The van der Waals surface area contributed by atoms with Crippen LogP contribution in [0.1, 0.15) is 31.2 Å². The van der Waals surface area contributed by atoms with Gasteiger partial charge in [0.1, 0.15) is 0 Å². The zero-order valence-corrected chi connectivity index (χ0v) is 14.3. The molecule has 1 aliphatic heterocycles. The molecular weight excluding hydrogens is 288 g/mol. The van der Waals surface area contributed by atoms with Gasteiger partial charge in [-0.2, -0.15) is 0 Å². The lowest BCUT2D eigenvalue weighted by Gasteiger charge is -2.32. The minimum atomic E-state index is -0.304. The van der Waals surface area contributed by atoms with E-state index in [9.17, 15) is 5.11 Å². The van der Waals surface area contributed by atoms with Crippen LogP contribution in [0.15, 0.2) is 16.3 Å². The summed E-state index contributed by atoms with van der Waals surface area (Å²) >= 11 is 3.62. The Morgan fingerprint density at radius 2 is 1.95 bits per heavy atom. The van der Waals surface area contributed by atoms with E-state index < -0.39 is 0 Å². The van der Waals surface area contributed by atoms with Gasteiger partial charge in [-0.05, 0) is 25.6 Å². The van der Waals surface area contributed by atoms with Gasteiger partial charge in [-0.25, -0.2) is 0 Å². The number of aliphatic hydroxyl groups is 1. The van der Waals surface area contributed by atoms with Crippen LogP contribution in [0, 0.1) is 0 Å². The summed E-state index contributed by atoms with van der Waals surface area (Å²) in [6.07, 6.45) is 0.539. The highest BCUT2D eigenvalue weighted by Gasteiger charge is 2.17. The number of hydrogen-bond acceptors (Lipinski definition) is 5. The van der Waals surface area contributed by atoms with Gasteiger partial charge in [0.25, 0.3) is 0 Å². The summed E-state index contributed by atoms with van der Waals surface area (Å²) in [4.78, 5) is 5.93. The molecule has 1 aliphatic rings. The van der Waals surface area contributed by atoms with Crippen LogP contribution in [0.5, 0.6) is 0 Å². The van der Waals surface area contributed by atoms with Gasteiger partial charge >= 0.3 is 0 Å². The predicted molar refractivity (Wildman–Crippen MR) is 88.8 cm³/mol. The Kier molecular flexibility index (Phi) is 6.36. The second-order valence-electron chi connectivity index (χ2n) is 5.77. The van der Waals surface area contributed by atoms with Crippen molar-refractivity contribution < 1.29 is 5.11 Å². The van der Waals surface area contributed by atoms with Crippen molar-refractivity contribution in [2.75, 3.05) is 39.8 Å². The molecule has 114 valence electrons. The molecule has 0 spiro atoms. The summed E-state index contributed by atoms with van der Waals surface area (Å²) in [7, 11) is 2.17. The van der Waals surface area contributed by atoms with Crippen LogP contribution in [0.4, 0.5) is 0 Å². The molecule has 1 aromatic heterocycles. The normalized spacial score (nSPS) is 19.6. The minimum absolute atomic E-state index is 0.304. The van der Waals surface area contributed by atoms with E-state index in [2.05, 4.69) is 42.8 Å². The zero-order valence-electron chi connectivity index (χ0n) is 12.7. The first-order valence-corrected chi connectivity index (χ1v) is 9.09. The number of likely N-dealkylation sites (N-methyl/N-ethyl adjacent to an activating group) is 1. The first-order valence-electron chi connectivity index (χ1n) is 7.40. The highest BCUT2D eigenvalue weighted by molar-refractivity contribution is 8.01. The summed E-state index contributed by atoms with van der Waals surface area (Å²) < 4.78 is 1.31. The SMILES string of the molecule is CC(C)Sc1ccc(C(O)CCN2CCN(C)CC2)s1. The topological polar surface area (TPSA) is 26.7 Å². The second-order valence-corrected chi connectivity index (χ2v) is 8.76. The fourth-order valence-corrected chi connectivity index (χ4v) is 4.76. The van der Waals surface area contributed by atoms with Crippen molar-refractivity contribution in [2.24, 2.45) is 0 Å². The lowest BCUT2D eigenvalue weighted by molar-refractivity contribution is 0.114. The Bertz CT molecular complexity index is 400. The van der Waals surface area contributed by atoms with E-state index in [0.29, 0.717) is 5.25 Å². The van der Waals surface area contributed by atoms with Crippen molar-refractivity contribution in [1.29, 1.82) is 0 Å². The van der Waals surface area contributed by atoms with E-state index in [4.69, 9.17) is 0 Å². The van der Waals surface area contributed by atoms with E-state index in [0.717, 1.165) is 44.0 Å². The first-order chi connectivity index (χ1) is 9.54. The molecule has 5 heteroatoms. The minimum Gasteiger partial charge on any atom is -0.388 e. The van der Waals surface area contributed by atoms with Gasteiger partial charge < -0.3 is 14.9 Å². The summed E-state index contributed by atoms with van der Waals surface area (Å²) in [6, 6.07) is 4.23. The fourth-order valence-electron chi connectivity index (χ4n) is 2.33. The number of thioether (sulfide) groups is 1. The highest BCUT2D eigenvalue weighted by Crippen LogP contribution is 2.34. The molecule has 3 nitrogen and oxygen atoms in total. The highest BCUT2D eigenvalue weighted by atomic mass is 32.2. The summed E-state index contributed by atoms with van der Waals surface area (Å²) in [5, 5.41) is 10.9. The van der Waals surface area contributed by atoms with Crippen LogP contribution < -0.4 is 0 Å². The average Bonchev–Trinajstić information content (AvgIpc) is 2.85. The van der Waals surface area contributed by atoms with Gasteiger partial charge in [0.15, 0.2) is 0 Å². The van der Waals surface area contributed by atoms with E-state index in [-0.39, 0.29) is 6.10 Å². The molecule has 1 atom stereocenters. The molecule has 1 saturated heterocycles. The summed E-state index contributed by atoms with van der Waals surface area (Å²) in [5.74, 6) is 0. The Hall–Kier alpha value is -0.0700. The van der Waals surface area contributed by atoms with Crippen molar-refractivity contribution in [3.8, 4) is 0 Å². The molecule has 20 heavy (non-hydrogen) atoms. The monoisotopic (exact) mass is 314 g/mol. The van der Waals surface area contributed by atoms with Crippen LogP contribution in [-0.4, -0.2) is 59.9 Å². The van der Waals surface area contributed by atoms with Gasteiger partial charge in [0.05, 0.1) is 10.3 Å². The van der Waals surface area contributed by atoms with E-state index >= 15 is 0 Å². The maximum Gasteiger partial charge on any atom is 0.0894 e. The van der Waals surface area contributed by atoms with E-state index in [1.165, 1.54) is 4.21 Å². The third-order valence-electron chi connectivity index (χ3n) is 3.60. The summed E-state index contributed by atoms with van der Waals surface area (Å²) in [5.41, 5.74) is 0. The lowest BCUT2D eigenvalue weighted by Crippen LogP contribution is -2.44. The first kappa shape index (κ1) is 16.3. The molecule has 1 N–H and O–H groups in total. The van der Waals surface area contributed by atoms with Crippen molar-refractivity contribution >= 4 is 23.1 Å². The van der Waals surface area contributed by atoms with Crippen LogP contribution in [0.3, 0.4) is 0 Å². The van der Waals surface area contributed by atoms with Crippen molar-refractivity contribution in [2.45, 2.75) is 35.8 Å². The van der Waals surface area contributed by atoms with Gasteiger partial charge in [-0.1, -0.05) is 13.8 Å². The predicted octanol–water partition coefficient (Wildman–Crippen LogP) is 2.92. The van der Waals surface area contributed by atoms with E-state index in [1.54, 1.807) is 11.3 Å². The molecule has 0 saturated carbocycles. The number of rotatable bonds is 6. The number of hydrogen-bond donors (Lipinski definition) is 1. The zero-order chi connectivity index (χ0) is 14.5. The Morgan fingerprint density at radius 3 is 2.60 bits per heavy atom. The Balaban J connectivity index is 1.76. The summed E-state index contributed by atoms with van der Waals surface area (Å²) in [6.45, 7) is 9.94. The van der Waals surface area contributed by atoms with Gasteiger partial charge in [-0.15, -0.1) is 23.1 Å². The fraction of sp³-hybridized carbons (Fsp3) is 0.733. The van der Waals surface area contributed by atoms with Gasteiger partial charge in [0.2, 0.25) is 0 Å². The molecule has 0 aliphatic carbocycles. The number of thiophene rings is 1. The Labute approximate surface area is 131 Å². The quantitative estimate of drug-likeness (QED) is 0.817. The third-order valence-corrected chi connectivity index (χ3v) is 5.96. The molecule has 1 fully saturated rings. The third kappa shape index (κ3) is 5.04. The maximum absolute atomic E-state index is 10.3. The van der Waals surface area contributed by atoms with E-state index in [1.807, 2.05) is 11.8 Å².